The van der Waals surface area contributed by atoms with Crippen molar-refractivity contribution in [2.75, 3.05) is 0 Å². The Morgan fingerprint density at radius 1 is 1.35 bits per heavy atom. The summed E-state index contributed by atoms with van der Waals surface area (Å²) >= 11 is 5.86. The van der Waals surface area contributed by atoms with Crippen LogP contribution in [0.2, 0.25) is 5.02 Å². The minimum absolute atomic E-state index is 0.558. The van der Waals surface area contributed by atoms with Gasteiger partial charge in [-0.1, -0.05) is 11.6 Å². The maximum absolute atomic E-state index is 11.0. The molecule has 1 aliphatic rings. The minimum atomic E-state index is 0.558. The third kappa shape index (κ3) is 1.98. The molecule has 0 bridgehead atoms. The molecule has 0 radical (unpaired) electrons. The van der Waals surface area contributed by atoms with Gasteiger partial charge in [0, 0.05) is 22.7 Å². The van der Waals surface area contributed by atoms with Crippen LogP contribution in [0.15, 0.2) is 30.5 Å². The van der Waals surface area contributed by atoms with Crippen LogP contribution in [0, 0.1) is 0 Å². The first-order valence-electron chi connectivity index (χ1n) is 5.58. The van der Waals surface area contributed by atoms with Crippen LogP contribution in [0.5, 0.6) is 0 Å². The van der Waals surface area contributed by atoms with E-state index in [1.807, 2.05) is 18.3 Å². The SMILES string of the molecule is O=Cc1cc(Cl)ccc1-n1ccc(C2CC2)n1. The second-order valence-electron chi connectivity index (χ2n) is 4.28. The first-order chi connectivity index (χ1) is 8.28. The number of aromatic nitrogens is 2. The number of carbonyl (C=O) groups excluding carboxylic acids is 1. The Balaban J connectivity index is 2.03. The summed E-state index contributed by atoms with van der Waals surface area (Å²) in [7, 11) is 0. The molecule has 2 aromatic rings. The zero-order valence-corrected chi connectivity index (χ0v) is 9.89. The Hall–Kier alpha value is -1.61. The van der Waals surface area contributed by atoms with Gasteiger partial charge < -0.3 is 0 Å². The first kappa shape index (κ1) is 10.5. The third-order valence-corrected chi connectivity index (χ3v) is 3.20. The molecule has 0 spiro atoms. The highest BCUT2D eigenvalue weighted by Gasteiger charge is 2.26. The largest absolute Gasteiger partial charge is 0.298 e. The lowest BCUT2D eigenvalue weighted by Crippen LogP contribution is -2.00. The van der Waals surface area contributed by atoms with Gasteiger partial charge in [0.1, 0.15) is 0 Å². The van der Waals surface area contributed by atoms with Gasteiger partial charge >= 0.3 is 0 Å². The molecule has 0 amide bonds. The molecule has 1 aromatic carbocycles. The number of benzene rings is 1. The van der Waals surface area contributed by atoms with Crippen molar-refractivity contribution in [1.29, 1.82) is 0 Å². The molecule has 0 N–H and O–H groups in total. The fourth-order valence-corrected chi connectivity index (χ4v) is 2.08. The van der Waals surface area contributed by atoms with Gasteiger partial charge in [-0.3, -0.25) is 4.79 Å². The zero-order valence-electron chi connectivity index (χ0n) is 9.14. The summed E-state index contributed by atoms with van der Waals surface area (Å²) in [5.74, 6) is 0.614. The number of hydrogen-bond donors (Lipinski definition) is 0. The third-order valence-electron chi connectivity index (χ3n) is 2.97. The first-order valence-corrected chi connectivity index (χ1v) is 5.96. The molecule has 4 heteroatoms. The van der Waals surface area contributed by atoms with Crippen molar-refractivity contribution >= 4 is 17.9 Å². The average Bonchev–Trinajstić information content (AvgIpc) is 3.08. The van der Waals surface area contributed by atoms with Crippen LogP contribution in [0.3, 0.4) is 0 Å². The van der Waals surface area contributed by atoms with Crippen LogP contribution < -0.4 is 0 Å². The van der Waals surface area contributed by atoms with Gasteiger partial charge in [0.05, 0.1) is 11.4 Å². The standard InChI is InChI=1S/C13H11ClN2O/c14-11-3-4-13(10(7-11)8-17)16-6-5-12(15-16)9-1-2-9/h3-9H,1-2H2. The summed E-state index contributed by atoms with van der Waals surface area (Å²) in [4.78, 5) is 11.0. The molecule has 1 heterocycles. The Labute approximate surface area is 104 Å². The molecule has 1 saturated carbocycles. The maximum atomic E-state index is 11.0. The van der Waals surface area contributed by atoms with Crippen LogP contribution in [-0.2, 0) is 0 Å². The van der Waals surface area contributed by atoms with Gasteiger partial charge in [0.2, 0.25) is 0 Å². The molecule has 1 fully saturated rings. The van der Waals surface area contributed by atoms with Crippen molar-refractivity contribution in [1.82, 2.24) is 9.78 Å². The van der Waals surface area contributed by atoms with E-state index >= 15 is 0 Å². The van der Waals surface area contributed by atoms with E-state index < -0.39 is 0 Å². The van der Waals surface area contributed by atoms with Gasteiger partial charge in [-0.25, -0.2) is 4.68 Å². The van der Waals surface area contributed by atoms with Gasteiger partial charge in [0.25, 0.3) is 0 Å². The number of halogens is 1. The van der Waals surface area contributed by atoms with Gasteiger partial charge in [-0.05, 0) is 37.1 Å². The summed E-state index contributed by atoms with van der Waals surface area (Å²) in [6.07, 6.45) is 5.14. The highest BCUT2D eigenvalue weighted by Crippen LogP contribution is 2.39. The van der Waals surface area contributed by atoms with Crippen molar-refractivity contribution in [2.45, 2.75) is 18.8 Å². The maximum Gasteiger partial charge on any atom is 0.152 e. The number of aldehydes is 1. The highest BCUT2D eigenvalue weighted by molar-refractivity contribution is 6.30. The minimum Gasteiger partial charge on any atom is -0.298 e. The van der Waals surface area contributed by atoms with E-state index in [4.69, 9.17) is 11.6 Å². The molecular weight excluding hydrogens is 236 g/mol. The lowest BCUT2D eigenvalue weighted by atomic mass is 10.2. The summed E-state index contributed by atoms with van der Waals surface area (Å²) in [6, 6.07) is 7.25. The van der Waals surface area contributed by atoms with Crippen LogP contribution in [-0.4, -0.2) is 16.1 Å². The molecule has 0 saturated heterocycles. The smallest absolute Gasteiger partial charge is 0.152 e. The van der Waals surface area contributed by atoms with Gasteiger partial charge in [-0.2, -0.15) is 5.10 Å². The topological polar surface area (TPSA) is 34.9 Å². The number of hydrogen-bond acceptors (Lipinski definition) is 2. The van der Waals surface area contributed by atoms with Crippen LogP contribution >= 0.6 is 11.6 Å². The number of rotatable bonds is 3. The monoisotopic (exact) mass is 246 g/mol. The Morgan fingerprint density at radius 2 is 2.18 bits per heavy atom. The van der Waals surface area contributed by atoms with Crippen LogP contribution in [0.1, 0.15) is 34.8 Å². The van der Waals surface area contributed by atoms with E-state index in [1.165, 1.54) is 12.8 Å². The Bertz CT molecular complexity index is 573. The molecule has 0 unspecified atom stereocenters. The number of carbonyl (C=O) groups is 1. The molecule has 1 aromatic heterocycles. The van der Waals surface area contributed by atoms with E-state index in [-0.39, 0.29) is 0 Å². The fourth-order valence-electron chi connectivity index (χ4n) is 1.90. The van der Waals surface area contributed by atoms with E-state index in [0.717, 1.165) is 17.7 Å². The summed E-state index contributed by atoms with van der Waals surface area (Å²) in [6.45, 7) is 0. The van der Waals surface area contributed by atoms with Crippen molar-refractivity contribution < 1.29 is 4.79 Å². The lowest BCUT2D eigenvalue weighted by molar-refractivity contribution is 0.112. The second-order valence-corrected chi connectivity index (χ2v) is 4.72. The predicted octanol–water partition coefficient (Wildman–Crippen LogP) is 3.22. The van der Waals surface area contributed by atoms with Crippen LogP contribution in [0.4, 0.5) is 0 Å². The number of nitrogens with zero attached hydrogens (tertiary/aromatic N) is 2. The molecule has 17 heavy (non-hydrogen) atoms. The van der Waals surface area contributed by atoms with E-state index in [9.17, 15) is 4.79 Å². The van der Waals surface area contributed by atoms with Gasteiger partial charge in [-0.15, -0.1) is 0 Å². The van der Waals surface area contributed by atoms with Crippen molar-refractivity contribution in [3.05, 3.63) is 46.7 Å². The van der Waals surface area contributed by atoms with E-state index in [0.29, 0.717) is 16.5 Å². The zero-order chi connectivity index (χ0) is 11.8. The fraction of sp³-hybridized carbons (Fsp3) is 0.231. The summed E-state index contributed by atoms with van der Waals surface area (Å²) in [5, 5.41) is 5.06. The predicted molar refractivity (Wildman–Crippen MR) is 65.9 cm³/mol. The molecule has 0 atom stereocenters. The summed E-state index contributed by atoms with van der Waals surface area (Å²) in [5.41, 5.74) is 2.44. The normalized spacial score (nSPS) is 14.9. The second kappa shape index (κ2) is 4.00. The van der Waals surface area contributed by atoms with E-state index in [2.05, 4.69) is 5.10 Å². The van der Waals surface area contributed by atoms with E-state index in [1.54, 1.807) is 16.8 Å². The quantitative estimate of drug-likeness (QED) is 0.780. The van der Waals surface area contributed by atoms with Crippen molar-refractivity contribution in [3.63, 3.8) is 0 Å². The lowest BCUT2D eigenvalue weighted by Gasteiger charge is -2.05. The average molecular weight is 247 g/mol. The van der Waals surface area contributed by atoms with Crippen molar-refractivity contribution in [3.8, 4) is 5.69 Å². The van der Waals surface area contributed by atoms with Crippen molar-refractivity contribution in [2.24, 2.45) is 0 Å². The molecule has 3 nitrogen and oxygen atoms in total. The molecular formula is C13H11ClN2O. The molecule has 0 aliphatic heterocycles. The van der Waals surface area contributed by atoms with Gasteiger partial charge in [0.15, 0.2) is 6.29 Å². The Kier molecular flexibility index (Phi) is 2.48. The molecule has 1 aliphatic carbocycles. The highest BCUT2D eigenvalue weighted by atomic mass is 35.5. The summed E-state index contributed by atoms with van der Waals surface area (Å²) < 4.78 is 1.74. The molecule has 3 rings (SSSR count). The van der Waals surface area contributed by atoms with Crippen LogP contribution in [0.25, 0.3) is 5.69 Å². The Morgan fingerprint density at radius 3 is 2.88 bits per heavy atom. The molecule has 86 valence electrons.